The van der Waals surface area contributed by atoms with E-state index >= 15 is 0 Å². The number of aliphatic carboxylic acids is 2. The maximum Gasteiger partial charge on any atom is 0.318 e. The van der Waals surface area contributed by atoms with Gasteiger partial charge in [0.1, 0.15) is 11.8 Å². The van der Waals surface area contributed by atoms with Crippen molar-refractivity contribution in [2.45, 2.75) is 0 Å². The summed E-state index contributed by atoms with van der Waals surface area (Å²) in [6, 6.07) is 0. The van der Waals surface area contributed by atoms with E-state index in [1.807, 2.05) is 0 Å². The summed E-state index contributed by atoms with van der Waals surface area (Å²) in [6.45, 7) is 0. The van der Waals surface area contributed by atoms with Crippen LogP contribution in [0.25, 0.3) is 0 Å². The molecule has 0 rings (SSSR count). The van der Waals surface area contributed by atoms with Crippen molar-refractivity contribution in [3.8, 4) is 0 Å². The fourth-order valence-corrected chi connectivity index (χ4v) is 0. The quantitative estimate of drug-likeness (QED) is 0.558. The number of halogens is 2. The smallest absolute Gasteiger partial charge is 0.318 e. The summed E-state index contributed by atoms with van der Waals surface area (Å²) in [5.74, 6) is -2.57. The molecule has 2 N–H and O–H groups in total. The molecule has 0 bridgehead atoms. The zero-order valence-corrected chi connectivity index (χ0v) is 7.64. The Morgan fingerprint density at radius 2 is 1.09 bits per heavy atom. The second kappa shape index (κ2) is 12.7. The molecule has 0 aliphatic carbocycles. The monoisotopic (exact) mass is 251 g/mol. The molecule has 0 fully saturated rings. The van der Waals surface area contributed by atoms with Gasteiger partial charge in [-0.05, 0) is 0 Å². The fraction of sp³-hybridized carbons (Fsp3) is 0.500. The van der Waals surface area contributed by atoms with Gasteiger partial charge in [-0.1, -0.05) is 0 Å². The normalized spacial score (nSPS) is 6.73. The zero-order valence-electron chi connectivity index (χ0n) is 5.18. The molecule has 0 aromatic heterocycles. The van der Waals surface area contributed by atoms with Crippen molar-refractivity contribution in [1.29, 1.82) is 0 Å². The first-order valence-electron chi connectivity index (χ1n) is 2.10. The van der Waals surface area contributed by atoms with Crippen molar-refractivity contribution in [3.63, 3.8) is 0 Å². The van der Waals surface area contributed by atoms with Gasteiger partial charge in [0.05, 0.1) is 0 Å². The van der Waals surface area contributed by atoms with Crippen LogP contribution in [0.5, 0.6) is 0 Å². The molecule has 0 saturated heterocycles. The Bertz CT molecular complexity index is 105. The predicted molar refractivity (Wildman–Crippen MR) is 36.7 cm³/mol. The van der Waals surface area contributed by atoms with Crippen LogP contribution < -0.4 is 0 Å². The number of alkyl halides is 2. The number of rotatable bonds is 2. The molecule has 4 nitrogen and oxygen atoms in total. The van der Waals surface area contributed by atoms with E-state index in [2.05, 4.69) is 0 Å². The minimum absolute atomic E-state index is 0. The minimum atomic E-state index is -0.980. The Hall–Kier alpha value is 0.0395. The first kappa shape index (κ1) is 17.2. The average Bonchev–Trinajstić information content (AvgIpc) is 1.89. The molecule has 1 radical (unpaired) electrons. The van der Waals surface area contributed by atoms with Gasteiger partial charge in [-0.3, -0.25) is 9.59 Å². The summed E-state index contributed by atoms with van der Waals surface area (Å²) >= 11 is 9.47. The van der Waals surface area contributed by atoms with Crippen LogP contribution in [0, 0.1) is 0 Å². The third kappa shape index (κ3) is 39.8. The van der Waals surface area contributed by atoms with E-state index in [0.29, 0.717) is 0 Å². The van der Waals surface area contributed by atoms with Crippen LogP contribution in [0.15, 0.2) is 0 Å². The van der Waals surface area contributed by atoms with Crippen LogP contribution in [-0.2, 0) is 26.7 Å². The van der Waals surface area contributed by atoms with E-state index in [1.54, 1.807) is 0 Å². The molecular formula is C4H6Cl2CuO4. The van der Waals surface area contributed by atoms with E-state index < -0.39 is 11.9 Å². The largest absolute Gasteiger partial charge is 0.480 e. The summed E-state index contributed by atoms with van der Waals surface area (Å²) in [5.41, 5.74) is 0. The van der Waals surface area contributed by atoms with Gasteiger partial charge in [0, 0.05) is 17.1 Å². The van der Waals surface area contributed by atoms with Gasteiger partial charge in [-0.2, -0.15) is 0 Å². The number of carboxylic acids is 2. The van der Waals surface area contributed by atoms with E-state index in [4.69, 9.17) is 33.4 Å². The molecule has 0 atom stereocenters. The first-order chi connectivity index (χ1) is 4.54. The molecular weight excluding hydrogens is 246 g/mol. The van der Waals surface area contributed by atoms with Crippen molar-refractivity contribution in [3.05, 3.63) is 0 Å². The second-order valence-electron chi connectivity index (χ2n) is 1.05. The maximum absolute atomic E-state index is 9.24. The molecule has 0 amide bonds. The van der Waals surface area contributed by atoms with Gasteiger partial charge in [0.2, 0.25) is 0 Å². The molecule has 0 spiro atoms. The van der Waals surface area contributed by atoms with Gasteiger partial charge < -0.3 is 10.2 Å². The molecule has 0 aromatic rings. The van der Waals surface area contributed by atoms with E-state index in [-0.39, 0.29) is 28.8 Å². The van der Waals surface area contributed by atoms with Gasteiger partial charge in [0.25, 0.3) is 0 Å². The van der Waals surface area contributed by atoms with Crippen LogP contribution in [0.4, 0.5) is 0 Å². The van der Waals surface area contributed by atoms with Gasteiger partial charge in [-0.15, -0.1) is 23.2 Å². The Labute approximate surface area is 84.0 Å². The Kier molecular flexibility index (Phi) is 19.9. The zero-order chi connectivity index (χ0) is 8.57. The number of hydrogen-bond acceptors (Lipinski definition) is 2. The van der Waals surface area contributed by atoms with Crippen LogP contribution in [-0.4, -0.2) is 33.9 Å². The van der Waals surface area contributed by atoms with Gasteiger partial charge >= 0.3 is 11.9 Å². The van der Waals surface area contributed by atoms with Crippen molar-refractivity contribution >= 4 is 35.1 Å². The molecule has 0 saturated carbocycles. The molecule has 0 heterocycles. The third-order valence-corrected chi connectivity index (χ3v) is 0.686. The summed E-state index contributed by atoms with van der Waals surface area (Å²) < 4.78 is 0. The second-order valence-corrected chi connectivity index (χ2v) is 1.59. The van der Waals surface area contributed by atoms with Crippen LogP contribution in [0.1, 0.15) is 0 Å². The van der Waals surface area contributed by atoms with E-state index in [9.17, 15) is 9.59 Å². The number of carboxylic acid groups (broad SMARTS) is 2. The minimum Gasteiger partial charge on any atom is -0.480 e. The predicted octanol–water partition coefficient (Wildman–Crippen LogP) is 0.617. The summed E-state index contributed by atoms with van der Waals surface area (Å²) in [5, 5.41) is 15.2. The Morgan fingerprint density at radius 1 is 1.00 bits per heavy atom. The Balaban J connectivity index is -0.000000107. The maximum atomic E-state index is 9.24. The third-order valence-electron chi connectivity index (χ3n) is 0.229. The van der Waals surface area contributed by atoms with Crippen molar-refractivity contribution in [2.75, 3.05) is 11.8 Å². The molecule has 71 valence electrons. The first-order valence-corrected chi connectivity index (χ1v) is 3.17. The molecule has 7 heteroatoms. The van der Waals surface area contributed by atoms with Crippen molar-refractivity contribution in [2.24, 2.45) is 0 Å². The molecule has 0 aromatic carbocycles. The topological polar surface area (TPSA) is 74.6 Å². The summed E-state index contributed by atoms with van der Waals surface area (Å²) in [4.78, 5) is 18.5. The summed E-state index contributed by atoms with van der Waals surface area (Å²) in [6.07, 6.45) is 0. The van der Waals surface area contributed by atoms with Crippen molar-refractivity contribution in [1.82, 2.24) is 0 Å². The van der Waals surface area contributed by atoms with Gasteiger partial charge in [0.15, 0.2) is 0 Å². The van der Waals surface area contributed by atoms with Crippen LogP contribution in [0.2, 0.25) is 0 Å². The van der Waals surface area contributed by atoms with E-state index in [1.165, 1.54) is 0 Å². The molecule has 0 aliphatic heterocycles. The van der Waals surface area contributed by atoms with Crippen molar-refractivity contribution < 1.29 is 36.9 Å². The van der Waals surface area contributed by atoms with Crippen LogP contribution in [0.3, 0.4) is 0 Å². The molecule has 0 unspecified atom stereocenters. The molecule has 11 heavy (non-hydrogen) atoms. The SMILES string of the molecule is O=C(O)CCl.O=C(O)CCl.[Cu]. The van der Waals surface area contributed by atoms with Gasteiger partial charge in [-0.25, -0.2) is 0 Å². The van der Waals surface area contributed by atoms with Crippen LogP contribution >= 0.6 is 23.2 Å². The van der Waals surface area contributed by atoms with E-state index in [0.717, 1.165) is 0 Å². The summed E-state index contributed by atoms with van der Waals surface area (Å²) in [7, 11) is 0. The average molecular weight is 253 g/mol. The number of hydrogen-bond donors (Lipinski definition) is 2. The Morgan fingerprint density at radius 3 is 1.09 bits per heavy atom. The standard InChI is InChI=1S/2C2H3ClO2.Cu/c2*3-1-2(4)5;/h2*1H2,(H,4,5);. The fourth-order valence-electron chi connectivity index (χ4n) is 0. The number of carbonyl (C=O) groups is 2. The molecule has 0 aliphatic rings.